The van der Waals surface area contributed by atoms with Gasteiger partial charge in [0.2, 0.25) is 17.7 Å². The van der Waals surface area contributed by atoms with E-state index >= 15 is 0 Å². The number of rotatable bonds is 4. The number of imide groups is 1. The molecule has 2 aliphatic heterocycles. The summed E-state index contributed by atoms with van der Waals surface area (Å²) >= 11 is 0. The SMILES string of the molecule is CN1C(=O)N=CC(C(=O)N2CCCC(Cc3nc(C4CC4)no3)C2)C1=O. The van der Waals surface area contributed by atoms with E-state index < -0.39 is 17.9 Å². The predicted octanol–water partition coefficient (Wildman–Crippen LogP) is 1.01. The molecule has 0 N–H and O–H groups in total. The molecule has 9 nitrogen and oxygen atoms in total. The van der Waals surface area contributed by atoms with Crippen molar-refractivity contribution in [3.8, 4) is 0 Å². The third-order valence-electron chi connectivity index (χ3n) is 5.20. The molecule has 3 heterocycles. The second-order valence-corrected chi connectivity index (χ2v) is 7.25. The number of aliphatic imine (C=N–C) groups is 1. The van der Waals surface area contributed by atoms with E-state index in [-0.39, 0.29) is 11.8 Å². The highest BCUT2D eigenvalue weighted by molar-refractivity contribution is 6.20. The zero-order valence-electron chi connectivity index (χ0n) is 14.6. The van der Waals surface area contributed by atoms with Crippen molar-refractivity contribution in [1.29, 1.82) is 0 Å². The van der Waals surface area contributed by atoms with Gasteiger partial charge < -0.3 is 9.42 Å². The van der Waals surface area contributed by atoms with Crippen molar-refractivity contribution in [3.05, 3.63) is 11.7 Å². The van der Waals surface area contributed by atoms with Crippen LogP contribution < -0.4 is 0 Å². The number of nitrogens with zero attached hydrogens (tertiary/aromatic N) is 5. The fraction of sp³-hybridized carbons (Fsp3) is 0.647. The first-order valence-electron chi connectivity index (χ1n) is 9.00. The minimum Gasteiger partial charge on any atom is -0.341 e. The summed E-state index contributed by atoms with van der Waals surface area (Å²) in [5, 5.41) is 4.03. The molecular weight excluding hydrogens is 338 g/mol. The fourth-order valence-electron chi connectivity index (χ4n) is 3.49. The van der Waals surface area contributed by atoms with Crippen molar-refractivity contribution in [2.45, 2.75) is 38.0 Å². The molecule has 1 saturated carbocycles. The van der Waals surface area contributed by atoms with Gasteiger partial charge in [0, 0.05) is 38.7 Å². The highest BCUT2D eigenvalue weighted by atomic mass is 16.5. The van der Waals surface area contributed by atoms with Crippen LogP contribution in [-0.4, -0.2) is 64.1 Å². The van der Waals surface area contributed by atoms with Crippen LogP contribution in [0.5, 0.6) is 0 Å². The second-order valence-electron chi connectivity index (χ2n) is 7.25. The van der Waals surface area contributed by atoms with Gasteiger partial charge in [-0.2, -0.15) is 4.98 Å². The third kappa shape index (κ3) is 3.25. The van der Waals surface area contributed by atoms with E-state index in [1.807, 2.05) is 0 Å². The zero-order valence-corrected chi connectivity index (χ0v) is 14.6. The number of urea groups is 1. The van der Waals surface area contributed by atoms with E-state index in [1.165, 1.54) is 7.05 Å². The Bertz CT molecular complexity index is 769. The lowest BCUT2D eigenvalue weighted by atomic mass is 9.93. The number of carbonyl (C=O) groups is 3. The summed E-state index contributed by atoms with van der Waals surface area (Å²) in [5.74, 6) is 0.243. The molecule has 26 heavy (non-hydrogen) atoms. The van der Waals surface area contributed by atoms with Crippen LogP contribution in [0.2, 0.25) is 0 Å². The maximum absolute atomic E-state index is 12.7. The summed E-state index contributed by atoms with van der Waals surface area (Å²) < 4.78 is 5.34. The Balaban J connectivity index is 1.39. The van der Waals surface area contributed by atoms with Crippen molar-refractivity contribution in [3.63, 3.8) is 0 Å². The molecular formula is C17H21N5O4. The van der Waals surface area contributed by atoms with Crippen LogP contribution in [0.4, 0.5) is 4.79 Å². The molecule has 4 amide bonds. The lowest BCUT2D eigenvalue weighted by molar-refractivity contribution is -0.143. The zero-order chi connectivity index (χ0) is 18.3. The molecule has 0 radical (unpaired) electrons. The molecule has 2 unspecified atom stereocenters. The van der Waals surface area contributed by atoms with Crippen LogP contribution in [0.15, 0.2) is 9.52 Å². The van der Waals surface area contributed by atoms with Gasteiger partial charge in [0.1, 0.15) is 0 Å². The Kier molecular flexibility index (Phi) is 4.29. The Labute approximate surface area is 150 Å². The monoisotopic (exact) mass is 359 g/mol. The molecule has 2 atom stereocenters. The molecule has 9 heteroatoms. The Morgan fingerprint density at radius 1 is 1.31 bits per heavy atom. The smallest absolute Gasteiger partial charge is 0.341 e. The highest BCUT2D eigenvalue weighted by Crippen LogP contribution is 2.38. The van der Waals surface area contributed by atoms with Gasteiger partial charge in [-0.3, -0.25) is 14.5 Å². The molecule has 3 aliphatic rings. The average molecular weight is 359 g/mol. The third-order valence-corrected chi connectivity index (χ3v) is 5.20. The number of carbonyl (C=O) groups excluding carboxylic acids is 3. The van der Waals surface area contributed by atoms with Gasteiger partial charge >= 0.3 is 6.03 Å². The predicted molar refractivity (Wildman–Crippen MR) is 89.4 cm³/mol. The van der Waals surface area contributed by atoms with E-state index in [1.54, 1.807) is 4.90 Å². The number of aromatic nitrogens is 2. The normalized spacial score (nSPS) is 26.5. The average Bonchev–Trinajstić information content (AvgIpc) is 3.39. The van der Waals surface area contributed by atoms with Crippen LogP contribution in [0.25, 0.3) is 0 Å². The number of piperidine rings is 1. The quantitative estimate of drug-likeness (QED) is 0.742. The summed E-state index contributed by atoms with van der Waals surface area (Å²) in [6, 6.07) is -0.640. The van der Waals surface area contributed by atoms with Crippen LogP contribution >= 0.6 is 0 Å². The van der Waals surface area contributed by atoms with E-state index in [4.69, 9.17) is 4.52 Å². The van der Waals surface area contributed by atoms with Crippen molar-refractivity contribution in [2.75, 3.05) is 20.1 Å². The van der Waals surface area contributed by atoms with E-state index in [0.29, 0.717) is 31.3 Å². The Morgan fingerprint density at radius 2 is 2.12 bits per heavy atom. The summed E-state index contributed by atoms with van der Waals surface area (Å²) in [5.41, 5.74) is 0. The molecule has 1 aromatic rings. The molecule has 0 bridgehead atoms. The first kappa shape index (κ1) is 16.9. The van der Waals surface area contributed by atoms with Gasteiger partial charge in [0.15, 0.2) is 11.7 Å². The minimum absolute atomic E-state index is 0.218. The van der Waals surface area contributed by atoms with Crippen LogP contribution in [0.3, 0.4) is 0 Å². The molecule has 2 fully saturated rings. The molecule has 138 valence electrons. The first-order chi connectivity index (χ1) is 12.5. The fourth-order valence-corrected chi connectivity index (χ4v) is 3.49. The van der Waals surface area contributed by atoms with E-state index in [9.17, 15) is 14.4 Å². The van der Waals surface area contributed by atoms with Gasteiger partial charge in [0.05, 0.1) is 0 Å². The topological polar surface area (TPSA) is 109 Å². The largest absolute Gasteiger partial charge is 0.349 e. The molecule has 0 spiro atoms. The van der Waals surface area contributed by atoms with Crippen molar-refractivity contribution < 1.29 is 18.9 Å². The lowest BCUT2D eigenvalue weighted by Crippen LogP contribution is -2.51. The summed E-state index contributed by atoms with van der Waals surface area (Å²) in [6.45, 7) is 1.14. The molecule has 4 rings (SSSR count). The van der Waals surface area contributed by atoms with Gasteiger partial charge in [-0.25, -0.2) is 9.79 Å². The summed E-state index contributed by atoms with van der Waals surface area (Å²) in [7, 11) is 1.34. The molecule has 1 aromatic heterocycles. The number of hydrogen-bond acceptors (Lipinski definition) is 6. The van der Waals surface area contributed by atoms with Gasteiger partial charge in [-0.1, -0.05) is 5.16 Å². The van der Waals surface area contributed by atoms with Crippen molar-refractivity contribution >= 4 is 24.1 Å². The summed E-state index contributed by atoms with van der Waals surface area (Å²) in [6.07, 6.45) is 5.87. The maximum atomic E-state index is 12.7. The van der Waals surface area contributed by atoms with Gasteiger partial charge in [0.25, 0.3) is 0 Å². The number of hydrogen-bond donors (Lipinski definition) is 0. The lowest BCUT2D eigenvalue weighted by Gasteiger charge is -2.34. The molecule has 1 saturated heterocycles. The molecule has 0 aromatic carbocycles. The standard InChI is InChI=1S/C17H21N5O4/c1-21-15(23)12(8-18-17(21)25)16(24)22-6-2-3-10(9-22)7-13-19-14(20-26-13)11-4-5-11/h8,10-12H,2-7,9H2,1H3. The highest BCUT2D eigenvalue weighted by Gasteiger charge is 2.38. The maximum Gasteiger partial charge on any atom is 0.349 e. The van der Waals surface area contributed by atoms with Crippen molar-refractivity contribution in [2.24, 2.45) is 16.8 Å². The second kappa shape index (κ2) is 6.62. The van der Waals surface area contributed by atoms with Crippen LogP contribution in [-0.2, 0) is 16.0 Å². The van der Waals surface area contributed by atoms with Gasteiger partial charge in [-0.05, 0) is 31.6 Å². The summed E-state index contributed by atoms with van der Waals surface area (Å²) in [4.78, 5) is 47.0. The van der Waals surface area contributed by atoms with Gasteiger partial charge in [-0.15, -0.1) is 0 Å². The van der Waals surface area contributed by atoms with Crippen LogP contribution in [0.1, 0.15) is 43.3 Å². The Hall–Kier alpha value is -2.58. The molecule has 1 aliphatic carbocycles. The first-order valence-corrected chi connectivity index (χ1v) is 9.00. The number of amides is 4. The van der Waals surface area contributed by atoms with E-state index in [2.05, 4.69) is 15.1 Å². The Morgan fingerprint density at radius 3 is 2.88 bits per heavy atom. The van der Waals surface area contributed by atoms with E-state index in [0.717, 1.165) is 42.6 Å². The minimum atomic E-state index is -1.01. The van der Waals surface area contributed by atoms with Crippen molar-refractivity contribution in [1.82, 2.24) is 19.9 Å². The number of likely N-dealkylation sites (tertiary alicyclic amines) is 1. The van der Waals surface area contributed by atoms with Crippen LogP contribution in [0, 0.1) is 11.8 Å².